The average Bonchev–Trinajstić information content (AvgIpc) is 2.74. The Morgan fingerprint density at radius 1 is 1.25 bits per heavy atom. The summed E-state index contributed by atoms with van der Waals surface area (Å²) in [4.78, 5) is 13.7. The van der Waals surface area contributed by atoms with Crippen molar-refractivity contribution in [2.75, 3.05) is 13.2 Å². The van der Waals surface area contributed by atoms with Gasteiger partial charge in [0.2, 0.25) is 0 Å². The highest BCUT2D eigenvalue weighted by molar-refractivity contribution is 7.18. The Morgan fingerprint density at radius 3 is 2.75 bits per heavy atom. The SMILES string of the molecule is NC1(c2nc3nccnc3s2)CCOCC1. The monoisotopic (exact) mass is 236 g/mol. The lowest BCUT2D eigenvalue weighted by Gasteiger charge is -2.30. The van der Waals surface area contributed by atoms with Gasteiger partial charge in [-0.2, -0.15) is 0 Å². The summed E-state index contributed by atoms with van der Waals surface area (Å²) in [5, 5.41) is 0.928. The van der Waals surface area contributed by atoms with E-state index in [9.17, 15) is 0 Å². The third-order valence-corrected chi connectivity index (χ3v) is 4.03. The molecule has 3 rings (SSSR count). The van der Waals surface area contributed by atoms with Crippen LogP contribution in [0.25, 0.3) is 10.5 Å². The molecule has 5 nitrogen and oxygen atoms in total. The van der Waals surface area contributed by atoms with Crippen LogP contribution in [0.2, 0.25) is 0 Å². The van der Waals surface area contributed by atoms with Crippen LogP contribution in [0.5, 0.6) is 0 Å². The number of ether oxygens (including phenoxy) is 1. The molecule has 0 unspecified atom stereocenters. The second-order valence-corrected chi connectivity index (χ2v) is 4.95. The van der Waals surface area contributed by atoms with E-state index in [4.69, 9.17) is 10.5 Å². The zero-order valence-corrected chi connectivity index (χ0v) is 9.54. The fraction of sp³-hybridized carbons (Fsp3) is 0.500. The van der Waals surface area contributed by atoms with Crippen LogP contribution >= 0.6 is 11.3 Å². The molecule has 16 heavy (non-hydrogen) atoms. The van der Waals surface area contributed by atoms with Gasteiger partial charge in [0.1, 0.15) is 5.01 Å². The molecule has 84 valence electrons. The minimum absolute atomic E-state index is 0.356. The topological polar surface area (TPSA) is 73.9 Å². The van der Waals surface area contributed by atoms with Gasteiger partial charge in [-0.05, 0) is 12.8 Å². The van der Waals surface area contributed by atoms with Gasteiger partial charge < -0.3 is 10.5 Å². The Kier molecular flexibility index (Phi) is 2.34. The van der Waals surface area contributed by atoms with Crippen LogP contribution in [0.4, 0.5) is 0 Å². The minimum atomic E-state index is -0.356. The number of hydrogen-bond donors (Lipinski definition) is 1. The van der Waals surface area contributed by atoms with E-state index < -0.39 is 0 Å². The smallest absolute Gasteiger partial charge is 0.189 e. The summed E-state index contributed by atoms with van der Waals surface area (Å²) in [6, 6.07) is 0. The highest BCUT2D eigenvalue weighted by Gasteiger charge is 2.33. The number of nitrogens with two attached hydrogens (primary N) is 1. The summed E-state index contributed by atoms with van der Waals surface area (Å²) < 4.78 is 5.33. The van der Waals surface area contributed by atoms with Crippen LogP contribution in [0.1, 0.15) is 17.8 Å². The lowest BCUT2D eigenvalue weighted by Crippen LogP contribution is -2.42. The molecule has 2 N–H and O–H groups in total. The molecule has 2 aromatic rings. The number of rotatable bonds is 1. The summed E-state index contributed by atoms with van der Waals surface area (Å²) in [7, 11) is 0. The van der Waals surface area contributed by atoms with Crippen molar-refractivity contribution < 1.29 is 4.74 Å². The van der Waals surface area contributed by atoms with Crippen molar-refractivity contribution in [3.8, 4) is 0 Å². The van der Waals surface area contributed by atoms with Gasteiger partial charge >= 0.3 is 0 Å². The van der Waals surface area contributed by atoms with Gasteiger partial charge in [-0.15, -0.1) is 0 Å². The first kappa shape index (κ1) is 10.1. The molecule has 0 aliphatic carbocycles. The zero-order valence-electron chi connectivity index (χ0n) is 8.72. The van der Waals surface area contributed by atoms with Crippen LogP contribution < -0.4 is 5.73 Å². The van der Waals surface area contributed by atoms with Crippen LogP contribution in [0, 0.1) is 0 Å². The number of aromatic nitrogens is 3. The minimum Gasteiger partial charge on any atom is -0.381 e. The van der Waals surface area contributed by atoms with Gasteiger partial charge in [0.25, 0.3) is 0 Å². The molecule has 3 heterocycles. The van der Waals surface area contributed by atoms with Crippen molar-refractivity contribution in [1.29, 1.82) is 0 Å². The maximum Gasteiger partial charge on any atom is 0.189 e. The first-order valence-corrected chi connectivity index (χ1v) is 6.04. The van der Waals surface area contributed by atoms with Crippen LogP contribution in [-0.2, 0) is 10.3 Å². The van der Waals surface area contributed by atoms with Crippen molar-refractivity contribution in [1.82, 2.24) is 15.0 Å². The van der Waals surface area contributed by atoms with E-state index in [0.29, 0.717) is 18.9 Å². The highest BCUT2D eigenvalue weighted by atomic mass is 32.1. The van der Waals surface area contributed by atoms with Crippen molar-refractivity contribution in [2.24, 2.45) is 5.73 Å². The van der Waals surface area contributed by atoms with Crippen molar-refractivity contribution in [2.45, 2.75) is 18.4 Å². The van der Waals surface area contributed by atoms with Gasteiger partial charge in [-0.1, -0.05) is 11.3 Å². The molecular weight excluding hydrogens is 224 g/mol. The fourth-order valence-corrected chi connectivity index (χ4v) is 2.87. The highest BCUT2D eigenvalue weighted by Crippen LogP contribution is 2.33. The molecule has 0 atom stereocenters. The first-order valence-electron chi connectivity index (χ1n) is 5.23. The molecular formula is C10H12N4OS. The molecule has 0 bridgehead atoms. The van der Waals surface area contributed by atoms with Gasteiger partial charge in [-0.3, -0.25) is 0 Å². The second kappa shape index (κ2) is 3.73. The van der Waals surface area contributed by atoms with E-state index in [1.165, 1.54) is 11.3 Å². The van der Waals surface area contributed by atoms with Crippen LogP contribution in [-0.4, -0.2) is 28.2 Å². The van der Waals surface area contributed by atoms with E-state index in [2.05, 4.69) is 15.0 Å². The Morgan fingerprint density at radius 2 is 2.00 bits per heavy atom. The van der Waals surface area contributed by atoms with E-state index in [0.717, 1.165) is 22.7 Å². The van der Waals surface area contributed by atoms with Crippen molar-refractivity contribution in [3.05, 3.63) is 17.4 Å². The molecule has 0 amide bonds. The molecule has 1 fully saturated rings. The predicted molar refractivity (Wildman–Crippen MR) is 61.1 cm³/mol. The summed E-state index contributed by atoms with van der Waals surface area (Å²) in [5.41, 5.74) is 6.69. The maximum atomic E-state index is 6.36. The third-order valence-electron chi connectivity index (χ3n) is 2.86. The number of fused-ring (bicyclic) bond motifs is 1. The van der Waals surface area contributed by atoms with Gasteiger partial charge in [0, 0.05) is 25.6 Å². The van der Waals surface area contributed by atoms with E-state index in [1.807, 2.05) is 0 Å². The molecule has 2 aromatic heterocycles. The largest absolute Gasteiger partial charge is 0.381 e. The molecule has 6 heteroatoms. The van der Waals surface area contributed by atoms with E-state index in [1.54, 1.807) is 12.4 Å². The van der Waals surface area contributed by atoms with Crippen LogP contribution in [0.15, 0.2) is 12.4 Å². The zero-order chi connectivity index (χ0) is 11.0. The number of hydrogen-bond acceptors (Lipinski definition) is 6. The Bertz CT molecular complexity index is 473. The summed E-state index contributed by atoms with van der Waals surface area (Å²) >= 11 is 1.54. The Hall–Kier alpha value is -1.11. The first-order chi connectivity index (χ1) is 7.78. The molecule has 1 aliphatic rings. The Balaban J connectivity index is 2.04. The fourth-order valence-electron chi connectivity index (χ4n) is 1.84. The van der Waals surface area contributed by atoms with Crippen molar-refractivity contribution >= 4 is 21.8 Å². The summed E-state index contributed by atoms with van der Waals surface area (Å²) in [6.45, 7) is 1.40. The average molecular weight is 236 g/mol. The third kappa shape index (κ3) is 1.59. The number of nitrogens with zero attached hydrogens (tertiary/aromatic N) is 3. The second-order valence-electron chi connectivity index (χ2n) is 3.97. The van der Waals surface area contributed by atoms with E-state index >= 15 is 0 Å². The van der Waals surface area contributed by atoms with Gasteiger partial charge in [0.15, 0.2) is 10.5 Å². The van der Waals surface area contributed by atoms with E-state index in [-0.39, 0.29) is 5.54 Å². The normalized spacial score (nSPS) is 20.1. The van der Waals surface area contributed by atoms with Crippen LogP contribution in [0.3, 0.4) is 0 Å². The quantitative estimate of drug-likeness (QED) is 0.801. The standard InChI is InChI=1S/C10H12N4OS/c11-10(1-5-15-6-2-10)9-14-7-8(16-9)13-4-3-12-7/h3-4H,1-2,5-6,11H2. The number of thiazole rings is 1. The lowest BCUT2D eigenvalue weighted by atomic mass is 9.92. The molecule has 1 aliphatic heterocycles. The molecule has 1 saturated heterocycles. The van der Waals surface area contributed by atoms with Crippen molar-refractivity contribution in [3.63, 3.8) is 0 Å². The molecule has 0 radical (unpaired) electrons. The van der Waals surface area contributed by atoms with Gasteiger partial charge in [0.05, 0.1) is 5.54 Å². The summed E-state index contributed by atoms with van der Waals surface area (Å²) in [6.07, 6.45) is 4.95. The lowest BCUT2D eigenvalue weighted by molar-refractivity contribution is 0.0522. The molecule has 0 spiro atoms. The predicted octanol–water partition coefficient (Wildman–Crippen LogP) is 1.05. The van der Waals surface area contributed by atoms with Gasteiger partial charge in [-0.25, -0.2) is 15.0 Å². The Labute approximate surface area is 96.7 Å². The molecule has 0 saturated carbocycles. The maximum absolute atomic E-state index is 6.36. The summed E-state index contributed by atoms with van der Waals surface area (Å²) in [5.74, 6) is 0. The molecule has 0 aromatic carbocycles.